The molecule has 0 bridgehead atoms. The summed E-state index contributed by atoms with van der Waals surface area (Å²) in [6.45, 7) is 3.72. The fourth-order valence-corrected chi connectivity index (χ4v) is 2.87. The highest BCUT2D eigenvalue weighted by molar-refractivity contribution is 5.74. The maximum Gasteiger partial charge on any atom is 0.315 e. The molecule has 2 N–H and O–H groups in total. The Kier molecular flexibility index (Phi) is 3.96. The zero-order valence-corrected chi connectivity index (χ0v) is 14.4. The van der Waals surface area contributed by atoms with Gasteiger partial charge in [-0.2, -0.15) is 0 Å². The largest absolute Gasteiger partial charge is 0.328 e. The number of hydrogen-bond acceptors (Lipinski definition) is 5. The molecule has 26 heavy (non-hydrogen) atoms. The minimum Gasteiger partial charge on any atom is -0.328 e. The van der Waals surface area contributed by atoms with Gasteiger partial charge in [0.2, 0.25) is 0 Å². The van der Waals surface area contributed by atoms with Gasteiger partial charge >= 0.3 is 6.03 Å². The Morgan fingerprint density at radius 2 is 1.27 bits per heavy atom. The average Bonchev–Trinajstić information content (AvgIpc) is 3.26. The highest BCUT2D eigenvalue weighted by Crippen LogP contribution is 2.14. The fourth-order valence-electron chi connectivity index (χ4n) is 2.87. The third-order valence-electron chi connectivity index (χ3n) is 4.15. The Bertz CT molecular complexity index is 985. The summed E-state index contributed by atoms with van der Waals surface area (Å²) >= 11 is 0. The monoisotopic (exact) mass is 350 g/mol. The van der Waals surface area contributed by atoms with E-state index in [4.69, 9.17) is 0 Å². The van der Waals surface area contributed by atoms with Gasteiger partial charge in [0.15, 0.2) is 22.9 Å². The molecule has 0 fully saturated rings. The Hall–Kier alpha value is -3.49. The summed E-state index contributed by atoms with van der Waals surface area (Å²) in [5.74, 6) is 1.33. The number of nitrogens with one attached hydrogen (secondary N) is 2. The first-order chi connectivity index (χ1) is 12.6. The van der Waals surface area contributed by atoms with Crippen LogP contribution in [0.2, 0.25) is 0 Å². The van der Waals surface area contributed by atoms with Crippen LogP contribution in [-0.4, -0.2) is 35.2 Å². The van der Waals surface area contributed by atoms with Crippen LogP contribution >= 0.6 is 0 Å². The molecule has 2 amide bonds. The summed E-state index contributed by atoms with van der Waals surface area (Å²) in [6, 6.07) is 10.4. The topological polar surface area (TPSA) is 102 Å². The molecular formula is C17H18N8O. The molecule has 0 unspecified atom stereocenters. The highest BCUT2D eigenvalue weighted by Gasteiger charge is 2.19. The van der Waals surface area contributed by atoms with Crippen molar-refractivity contribution in [2.45, 2.75) is 25.9 Å². The minimum atomic E-state index is -0.314. The minimum absolute atomic E-state index is 0.310. The summed E-state index contributed by atoms with van der Waals surface area (Å²) in [4.78, 5) is 12.4. The third kappa shape index (κ3) is 2.83. The number of hydrogen-bond donors (Lipinski definition) is 2. The normalized spacial score (nSPS) is 13.6. The van der Waals surface area contributed by atoms with Gasteiger partial charge in [-0.3, -0.25) is 8.80 Å². The number of nitrogens with zero attached hydrogens (tertiary/aromatic N) is 6. The maximum atomic E-state index is 12.4. The zero-order valence-electron chi connectivity index (χ0n) is 14.4. The number of urea groups is 1. The summed E-state index contributed by atoms with van der Waals surface area (Å²) < 4.78 is 3.70. The predicted molar refractivity (Wildman–Crippen MR) is 94.5 cm³/mol. The van der Waals surface area contributed by atoms with E-state index in [1.165, 1.54) is 0 Å². The van der Waals surface area contributed by atoms with E-state index in [-0.39, 0.29) is 18.1 Å². The molecule has 0 radical (unpaired) electrons. The van der Waals surface area contributed by atoms with Gasteiger partial charge in [-0.25, -0.2) is 4.79 Å². The van der Waals surface area contributed by atoms with E-state index in [2.05, 4.69) is 31.0 Å². The van der Waals surface area contributed by atoms with Crippen LogP contribution < -0.4 is 10.6 Å². The van der Waals surface area contributed by atoms with Crippen LogP contribution in [0.1, 0.15) is 37.6 Å². The van der Waals surface area contributed by atoms with Crippen molar-refractivity contribution in [1.29, 1.82) is 0 Å². The lowest BCUT2D eigenvalue weighted by molar-refractivity contribution is 0.234. The van der Waals surface area contributed by atoms with E-state index in [1.807, 2.05) is 71.4 Å². The Morgan fingerprint density at radius 3 is 1.73 bits per heavy atom. The molecular weight excluding hydrogens is 332 g/mol. The first-order valence-electron chi connectivity index (χ1n) is 8.30. The molecule has 132 valence electrons. The number of amides is 2. The van der Waals surface area contributed by atoms with E-state index in [9.17, 15) is 4.79 Å². The number of carbonyl (C=O) groups is 1. The van der Waals surface area contributed by atoms with Crippen molar-refractivity contribution in [3.05, 3.63) is 60.4 Å². The second-order valence-corrected chi connectivity index (χ2v) is 6.04. The van der Waals surface area contributed by atoms with E-state index >= 15 is 0 Å². The van der Waals surface area contributed by atoms with E-state index in [1.54, 1.807) is 0 Å². The molecule has 0 aliphatic rings. The van der Waals surface area contributed by atoms with Crippen LogP contribution in [0.15, 0.2) is 48.8 Å². The van der Waals surface area contributed by atoms with Gasteiger partial charge < -0.3 is 10.6 Å². The SMILES string of the molecule is C[C@@H](NC(=O)N[C@H](C)c1nnc2ccccn12)c1nnc2ccccn12. The maximum absolute atomic E-state index is 12.4. The lowest BCUT2D eigenvalue weighted by Gasteiger charge is -2.16. The Balaban J connectivity index is 1.46. The third-order valence-corrected chi connectivity index (χ3v) is 4.15. The fraction of sp³-hybridized carbons (Fsp3) is 0.235. The Labute approximate surface area is 149 Å². The van der Waals surface area contributed by atoms with E-state index < -0.39 is 0 Å². The molecule has 4 aromatic rings. The molecule has 0 saturated heterocycles. The molecule has 4 rings (SSSR count). The van der Waals surface area contributed by atoms with E-state index in [0.29, 0.717) is 11.6 Å². The first kappa shape index (κ1) is 16.0. The van der Waals surface area contributed by atoms with Crippen molar-refractivity contribution in [3.63, 3.8) is 0 Å². The molecule has 4 aromatic heterocycles. The number of aromatic nitrogens is 6. The molecule has 9 nitrogen and oxygen atoms in total. The zero-order chi connectivity index (χ0) is 18.1. The summed E-state index contributed by atoms with van der Waals surface area (Å²) in [5, 5.41) is 22.3. The molecule has 0 saturated carbocycles. The molecule has 0 aliphatic heterocycles. The van der Waals surface area contributed by atoms with Crippen molar-refractivity contribution in [3.8, 4) is 0 Å². The van der Waals surface area contributed by atoms with Crippen molar-refractivity contribution in [2.24, 2.45) is 0 Å². The second kappa shape index (κ2) is 6.43. The lowest BCUT2D eigenvalue weighted by Crippen LogP contribution is -2.39. The van der Waals surface area contributed by atoms with Gasteiger partial charge in [0.05, 0.1) is 12.1 Å². The van der Waals surface area contributed by atoms with E-state index in [0.717, 1.165) is 11.3 Å². The number of fused-ring (bicyclic) bond motifs is 2. The number of carbonyl (C=O) groups excluding carboxylic acids is 1. The Morgan fingerprint density at radius 1 is 0.808 bits per heavy atom. The molecule has 0 spiro atoms. The van der Waals surface area contributed by atoms with Crippen LogP contribution in [0.3, 0.4) is 0 Å². The van der Waals surface area contributed by atoms with Crippen molar-refractivity contribution in [2.75, 3.05) is 0 Å². The van der Waals surface area contributed by atoms with Crippen LogP contribution in [0.4, 0.5) is 4.79 Å². The standard InChI is InChI=1S/C17H18N8O/c1-11(15-22-20-13-7-3-5-9-24(13)15)18-17(26)19-12(2)16-23-21-14-8-4-6-10-25(14)16/h3-12H,1-2H3,(H2,18,19,26)/t11-,12-/m1/s1. The quantitative estimate of drug-likeness (QED) is 0.585. The van der Waals surface area contributed by atoms with Crippen LogP contribution in [0, 0.1) is 0 Å². The van der Waals surface area contributed by atoms with Crippen molar-refractivity contribution in [1.82, 2.24) is 39.8 Å². The molecule has 4 heterocycles. The molecule has 2 atom stereocenters. The average molecular weight is 350 g/mol. The molecule has 0 aliphatic carbocycles. The lowest BCUT2D eigenvalue weighted by atomic mass is 10.3. The predicted octanol–water partition coefficient (Wildman–Crippen LogP) is 1.89. The second-order valence-electron chi connectivity index (χ2n) is 6.04. The van der Waals surface area contributed by atoms with Gasteiger partial charge in [0.25, 0.3) is 0 Å². The van der Waals surface area contributed by atoms with Crippen LogP contribution in [0.5, 0.6) is 0 Å². The van der Waals surface area contributed by atoms with Crippen LogP contribution in [-0.2, 0) is 0 Å². The van der Waals surface area contributed by atoms with Crippen molar-refractivity contribution >= 4 is 17.3 Å². The highest BCUT2D eigenvalue weighted by atomic mass is 16.2. The van der Waals surface area contributed by atoms with Gasteiger partial charge in [-0.15, -0.1) is 20.4 Å². The molecule has 9 heteroatoms. The number of rotatable bonds is 4. The summed E-state index contributed by atoms with van der Waals surface area (Å²) in [6.07, 6.45) is 3.73. The smallest absolute Gasteiger partial charge is 0.315 e. The summed E-state index contributed by atoms with van der Waals surface area (Å²) in [7, 11) is 0. The van der Waals surface area contributed by atoms with Crippen LogP contribution in [0.25, 0.3) is 11.3 Å². The van der Waals surface area contributed by atoms with Gasteiger partial charge in [-0.05, 0) is 38.1 Å². The van der Waals surface area contributed by atoms with Gasteiger partial charge in [0.1, 0.15) is 0 Å². The first-order valence-corrected chi connectivity index (χ1v) is 8.30. The number of pyridine rings is 2. The molecule has 0 aromatic carbocycles. The van der Waals surface area contributed by atoms with Gasteiger partial charge in [0, 0.05) is 12.4 Å². The van der Waals surface area contributed by atoms with Crippen molar-refractivity contribution < 1.29 is 4.79 Å². The van der Waals surface area contributed by atoms with Gasteiger partial charge in [-0.1, -0.05) is 12.1 Å². The summed E-state index contributed by atoms with van der Waals surface area (Å²) in [5.41, 5.74) is 1.47.